The summed E-state index contributed by atoms with van der Waals surface area (Å²) in [6.07, 6.45) is 4.52. The van der Waals surface area contributed by atoms with Crippen molar-refractivity contribution in [3.8, 4) is 0 Å². The van der Waals surface area contributed by atoms with Crippen molar-refractivity contribution in [2.24, 2.45) is 17.3 Å². The van der Waals surface area contributed by atoms with Crippen LogP contribution in [0.25, 0.3) is 0 Å². The minimum absolute atomic E-state index is 0.638. The molecule has 0 saturated heterocycles. The molecule has 4 atom stereocenters. The monoisotopic (exact) mass is 260 g/mol. The van der Waals surface area contributed by atoms with E-state index in [1.807, 2.05) is 0 Å². The molecular weight excluding hydrogens is 230 g/mol. The lowest BCUT2D eigenvalue weighted by atomic mass is 9.60. The van der Waals surface area contributed by atoms with Crippen molar-refractivity contribution in [2.75, 3.05) is 13.3 Å². The largest absolute Gasteiger partial charge is 0.122 e. The highest BCUT2D eigenvalue weighted by atomic mass is 31.1. The third kappa shape index (κ3) is 3.00. The maximum absolute atomic E-state index is 2.46. The molecule has 1 aliphatic carbocycles. The minimum Gasteiger partial charge on any atom is -0.122 e. The quantitative estimate of drug-likeness (QED) is 0.635. The van der Waals surface area contributed by atoms with Crippen LogP contribution in [0.2, 0.25) is 0 Å². The minimum atomic E-state index is 0.638. The first kappa shape index (κ1) is 14.9. The lowest BCUT2D eigenvalue weighted by Gasteiger charge is -2.50. The lowest BCUT2D eigenvalue weighted by Crippen LogP contribution is -2.42. The van der Waals surface area contributed by atoms with Gasteiger partial charge in [0.2, 0.25) is 0 Å². The molecule has 0 spiro atoms. The van der Waals surface area contributed by atoms with E-state index in [9.17, 15) is 0 Å². The fourth-order valence-corrected chi connectivity index (χ4v) is 6.00. The van der Waals surface area contributed by atoms with E-state index in [0.29, 0.717) is 5.41 Å². The summed E-state index contributed by atoms with van der Waals surface area (Å²) >= 11 is 0. The van der Waals surface area contributed by atoms with Crippen molar-refractivity contribution in [3.05, 3.63) is 0 Å². The Bertz CT molecular complexity index is 189. The highest BCUT2D eigenvalue weighted by Crippen LogP contribution is 2.54. The second-order valence-corrected chi connectivity index (χ2v) is 8.95. The molecule has 1 rings (SSSR count). The zero-order valence-electron chi connectivity index (χ0n) is 11.9. The summed E-state index contributed by atoms with van der Waals surface area (Å²) in [4.78, 5) is 0. The summed E-state index contributed by atoms with van der Waals surface area (Å²) < 4.78 is 0. The van der Waals surface area contributed by atoms with Gasteiger partial charge in [-0.25, -0.2) is 0 Å². The summed E-state index contributed by atoms with van der Waals surface area (Å²) in [5.41, 5.74) is 2.69. The molecule has 0 heterocycles. The second-order valence-electron chi connectivity index (χ2n) is 6.16. The smallest absolute Gasteiger partial charge is 0.0228 e. The highest BCUT2D eigenvalue weighted by Gasteiger charge is 2.43. The van der Waals surface area contributed by atoms with Crippen LogP contribution in [0.5, 0.6) is 0 Å². The van der Waals surface area contributed by atoms with Crippen LogP contribution in [0.4, 0.5) is 0 Å². The van der Waals surface area contributed by atoms with E-state index in [4.69, 9.17) is 0 Å². The van der Waals surface area contributed by atoms with E-state index in [1.165, 1.54) is 19.3 Å². The lowest BCUT2D eigenvalue weighted by molar-refractivity contribution is 0.0640. The van der Waals surface area contributed by atoms with E-state index in [1.54, 1.807) is 0 Å². The van der Waals surface area contributed by atoms with Crippen molar-refractivity contribution in [2.45, 2.75) is 58.3 Å². The van der Waals surface area contributed by atoms with Crippen molar-refractivity contribution in [1.29, 1.82) is 0 Å². The Kier molecular flexibility index (Phi) is 5.74. The molecule has 0 aromatic heterocycles. The van der Waals surface area contributed by atoms with Gasteiger partial charge >= 0.3 is 0 Å². The first-order valence-electron chi connectivity index (χ1n) is 6.80. The Morgan fingerprint density at radius 3 is 1.50 bits per heavy atom. The Hall–Kier alpha value is 0.860. The van der Waals surface area contributed by atoms with Crippen LogP contribution in [-0.2, 0) is 0 Å². The third-order valence-corrected chi connectivity index (χ3v) is 7.45. The summed E-state index contributed by atoms with van der Waals surface area (Å²) in [6.45, 7) is 14.6. The molecule has 0 bridgehead atoms. The zero-order chi connectivity index (χ0) is 12.3. The number of rotatable bonds is 4. The molecule has 0 amide bonds. The van der Waals surface area contributed by atoms with E-state index < -0.39 is 0 Å². The molecular formula is C14H30P2. The standard InChI is InChI=1S/C14H30P2/c1-10(2)14(11(3)4)8-12(15-5)7-13(9-14)16-6/h10-13,15-16H,7-9H2,1-6H3. The third-order valence-electron chi connectivity index (χ3n) is 4.94. The normalized spacial score (nSPS) is 31.5. The zero-order valence-corrected chi connectivity index (χ0v) is 13.9. The molecule has 4 unspecified atom stereocenters. The predicted octanol–water partition coefficient (Wildman–Crippen LogP) is 4.82. The Balaban J connectivity index is 2.89. The van der Waals surface area contributed by atoms with Gasteiger partial charge in [-0.15, -0.1) is 17.2 Å². The molecule has 1 saturated carbocycles. The van der Waals surface area contributed by atoms with Crippen LogP contribution in [0.1, 0.15) is 47.0 Å². The van der Waals surface area contributed by atoms with Gasteiger partial charge in [-0.2, -0.15) is 0 Å². The van der Waals surface area contributed by atoms with Crippen LogP contribution < -0.4 is 0 Å². The van der Waals surface area contributed by atoms with Gasteiger partial charge in [0.05, 0.1) is 0 Å². The van der Waals surface area contributed by atoms with Gasteiger partial charge < -0.3 is 0 Å². The van der Waals surface area contributed by atoms with Gasteiger partial charge in [0.1, 0.15) is 0 Å². The summed E-state index contributed by atoms with van der Waals surface area (Å²) in [5, 5.41) is 0. The Morgan fingerprint density at radius 1 is 0.875 bits per heavy atom. The average molecular weight is 260 g/mol. The number of hydrogen-bond acceptors (Lipinski definition) is 0. The van der Waals surface area contributed by atoms with Crippen molar-refractivity contribution in [3.63, 3.8) is 0 Å². The fraction of sp³-hybridized carbons (Fsp3) is 1.00. The van der Waals surface area contributed by atoms with E-state index in [-0.39, 0.29) is 0 Å². The molecule has 16 heavy (non-hydrogen) atoms. The Morgan fingerprint density at radius 2 is 1.25 bits per heavy atom. The predicted molar refractivity (Wildman–Crippen MR) is 82.0 cm³/mol. The van der Waals surface area contributed by atoms with Crippen molar-refractivity contribution < 1.29 is 0 Å². The van der Waals surface area contributed by atoms with Crippen LogP contribution >= 0.6 is 17.2 Å². The van der Waals surface area contributed by atoms with Gasteiger partial charge in [0.15, 0.2) is 0 Å². The highest BCUT2D eigenvalue weighted by molar-refractivity contribution is 7.39. The fourth-order valence-electron chi connectivity index (χ4n) is 3.56. The molecule has 1 aliphatic rings. The molecule has 0 nitrogen and oxygen atoms in total. The summed E-state index contributed by atoms with van der Waals surface area (Å²) in [7, 11) is 2.31. The van der Waals surface area contributed by atoms with Gasteiger partial charge in [-0.1, -0.05) is 27.7 Å². The van der Waals surface area contributed by atoms with Gasteiger partial charge in [0, 0.05) is 0 Å². The van der Waals surface area contributed by atoms with Gasteiger partial charge in [-0.3, -0.25) is 0 Å². The van der Waals surface area contributed by atoms with E-state index >= 15 is 0 Å². The van der Waals surface area contributed by atoms with E-state index in [0.717, 1.165) is 40.3 Å². The molecule has 0 aliphatic heterocycles. The molecule has 1 fully saturated rings. The molecule has 0 radical (unpaired) electrons. The maximum atomic E-state index is 2.46. The Labute approximate surface area is 106 Å². The molecule has 0 N–H and O–H groups in total. The first-order valence-corrected chi connectivity index (χ1v) is 9.96. The van der Waals surface area contributed by atoms with Crippen LogP contribution in [0.3, 0.4) is 0 Å². The van der Waals surface area contributed by atoms with Gasteiger partial charge in [0.25, 0.3) is 0 Å². The topological polar surface area (TPSA) is 0 Å². The molecule has 2 heteroatoms. The second kappa shape index (κ2) is 6.15. The average Bonchev–Trinajstić information content (AvgIpc) is 2.27. The van der Waals surface area contributed by atoms with Gasteiger partial charge in [-0.05, 0) is 61.2 Å². The molecule has 96 valence electrons. The SMILES string of the molecule is CPC1CC(PC)CC(C(C)C)(C(C)C)C1. The van der Waals surface area contributed by atoms with Crippen molar-refractivity contribution >= 4 is 17.2 Å². The van der Waals surface area contributed by atoms with Crippen molar-refractivity contribution in [1.82, 2.24) is 0 Å². The molecule has 0 aromatic carbocycles. The van der Waals surface area contributed by atoms with Crippen LogP contribution in [-0.4, -0.2) is 24.6 Å². The summed E-state index contributed by atoms with van der Waals surface area (Å²) in [6, 6.07) is 0. The number of hydrogen-bond donors (Lipinski definition) is 0. The van der Waals surface area contributed by atoms with Crippen LogP contribution in [0, 0.1) is 17.3 Å². The van der Waals surface area contributed by atoms with E-state index in [2.05, 4.69) is 41.0 Å². The molecule has 0 aromatic rings. The maximum Gasteiger partial charge on any atom is -0.0228 e. The van der Waals surface area contributed by atoms with Crippen LogP contribution in [0.15, 0.2) is 0 Å². The first-order chi connectivity index (χ1) is 7.46. The summed E-state index contributed by atoms with van der Waals surface area (Å²) in [5.74, 6) is 1.70.